The van der Waals surface area contributed by atoms with Gasteiger partial charge < -0.3 is 4.98 Å². The first-order valence-electron chi connectivity index (χ1n) is 8.35. The van der Waals surface area contributed by atoms with Gasteiger partial charge in [-0.25, -0.2) is 0 Å². The number of nitrogens with zero attached hydrogens (tertiary/aromatic N) is 1. The highest BCUT2D eigenvalue weighted by atomic mass is 16.2. The molecule has 1 N–H and O–H groups in total. The second kappa shape index (κ2) is 6.06. The van der Waals surface area contributed by atoms with Crippen molar-refractivity contribution in [3.8, 4) is 0 Å². The van der Waals surface area contributed by atoms with Crippen LogP contribution >= 0.6 is 0 Å². The Balaban J connectivity index is 1.61. The Kier molecular flexibility index (Phi) is 3.73. The molecule has 0 fully saturated rings. The molecule has 0 spiro atoms. The zero-order chi connectivity index (χ0) is 17.4. The highest BCUT2D eigenvalue weighted by Gasteiger charge is 2.34. The highest BCUT2D eigenvalue weighted by Crippen LogP contribution is 2.26. The minimum absolute atomic E-state index is 0.206. The number of nitrogens with one attached hydrogen (secondary N) is 1. The second-order valence-electron chi connectivity index (χ2n) is 6.18. The Bertz CT molecular complexity index is 965. The maximum Gasteiger partial charge on any atom is 0.261 e. The van der Waals surface area contributed by atoms with E-state index in [2.05, 4.69) is 17.6 Å². The molecule has 2 heterocycles. The molecule has 3 aromatic rings. The van der Waals surface area contributed by atoms with Crippen LogP contribution in [0.1, 0.15) is 32.0 Å². The molecule has 25 heavy (non-hydrogen) atoms. The summed E-state index contributed by atoms with van der Waals surface area (Å²) < 4.78 is 0. The van der Waals surface area contributed by atoms with E-state index < -0.39 is 0 Å². The number of hydrogen-bond acceptors (Lipinski definition) is 2. The van der Waals surface area contributed by atoms with E-state index in [9.17, 15) is 9.59 Å². The van der Waals surface area contributed by atoms with E-state index in [-0.39, 0.29) is 11.8 Å². The molecular weight excluding hydrogens is 312 g/mol. The Labute approximate surface area is 145 Å². The van der Waals surface area contributed by atoms with Gasteiger partial charge in [0.05, 0.1) is 11.1 Å². The fourth-order valence-corrected chi connectivity index (χ4v) is 3.51. The predicted octanol–water partition coefficient (Wildman–Crippen LogP) is 3.74. The summed E-state index contributed by atoms with van der Waals surface area (Å²) in [6.07, 6.45) is 3.23. The van der Waals surface area contributed by atoms with E-state index in [4.69, 9.17) is 0 Å². The average Bonchev–Trinajstić information content (AvgIpc) is 3.10. The van der Waals surface area contributed by atoms with Gasteiger partial charge >= 0.3 is 0 Å². The number of H-pyrrole nitrogens is 1. The predicted molar refractivity (Wildman–Crippen MR) is 97.7 cm³/mol. The molecule has 0 bridgehead atoms. The van der Waals surface area contributed by atoms with Crippen LogP contribution in [0.4, 0.5) is 0 Å². The third-order valence-electron chi connectivity index (χ3n) is 4.71. The van der Waals surface area contributed by atoms with Crippen LogP contribution in [0.2, 0.25) is 0 Å². The average molecular weight is 330 g/mol. The van der Waals surface area contributed by atoms with Crippen molar-refractivity contribution in [2.75, 3.05) is 6.54 Å². The fourth-order valence-electron chi connectivity index (χ4n) is 3.51. The van der Waals surface area contributed by atoms with Crippen molar-refractivity contribution in [3.63, 3.8) is 0 Å². The topological polar surface area (TPSA) is 53.2 Å². The molecular formula is C21H18N2O2. The SMILES string of the molecule is C=CCc1c(CCN2C(=O)c3ccccc3C2=O)[nH]c2ccccc12. The number of amides is 2. The Morgan fingerprint density at radius 2 is 1.60 bits per heavy atom. The molecule has 1 aliphatic rings. The van der Waals surface area contributed by atoms with E-state index in [1.165, 1.54) is 15.8 Å². The van der Waals surface area contributed by atoms with Crippen LogP contribution in [0, 0.1) is 0 Å². The van der Waals surface area contributed by atoms with Gasteiger partial charge in [0.25, 0.3) is 11.8 Å². The first kappa shape index (κ1) is 15.4. The quantitative estimate of drug-likeness (QED) is 0.572. The fraction of sp³-hybridized carbons (Fsp3) is 0.143. The van der Waals surface area contributed by atoms with Crippen LogP contribution in [0.25, 0.3) is 10.9 Å². The number of aromatic amines is 1. The number of benzene rings is 2. The van der Waals surface area contributed by atoms with Crippen LogP contribution in [0.3, 0.4) is 0 Å². The standard InChI is InChI=1S/C21H18N2O2/c1-2-7-14-15-8-5-6-11-18(15)22-19(14)12-13-23-20(24)16-9-3-4-10-17(16)21(23)25/h2-6,8-11,22H,1,7,12-13H2. The summed E-state index contributed by atoms with van der Waals surface area (Å²) in [6.45, 7) is 4.20. The first-order chi connectivity index (χ1) is 12.2. The molecule has 0 saturated heterocycles. The Morgan fingerprint density at radius 1 is 0.960 bits per heavy atom. The number of carbonyl (C=O) groups is 2. The number of imide groups is 1. The van der Waals surface area contributed by atoms with Gasteiger partial charge in [-0.15, -0.1) is 6.58 Å². The highest BCUT2D eigenvalue weighted by molar-refractivity contribution is 6.21. The molecule has 124 valence electrons. The maximum absolute atomic E-state index is 12.5. The lowest BCUT2D eigenvalue weighted by Gasteiger charge is -2.13. The minimum atomic E-state index is -0.206. The van der Waals surface area contributed by atoms with Crippen LogP contribution in [-0.4, -0.2) is 28.2 Å². The summed E-state index contributed by atoms with van der Waals surface area (Å²) in [7, 11) is 0. The zero-order valence-electron chi connectivity index (χ0n) is 13.8. The van der Waals surface area contributed by atoms with E-state index in [0.717, 1.165) is 17.6 Å². The third-order valence-corrected chi connectivity index (χ3v) is 4.71. The molecule has 2 amide bonds. The van der Waals surface area contributed by atoms with Gasteiger partial charge in [-0.3, -0.25) is 14.5 Å². The summed E-state index contributed by atoms with van der Waals surface area (Å²) >= 11 is 0. The lowest BCUT2D eigenvalue weighted by molar-refractivity contribution is 0.0656. The molecule has 4 nitrogen and oxygen atoms in total. The van der Waals surface area contributed by atoms with Gasteiger partial charge in [0.1, 0.15) is 0 Å². The van der Waals surface area contributed by atoms with Crippen LogP contribution in [-0.2, 0) is 12.8 Å². The Morgan fingerprint density at radius 3 is 2.28 bits per heavy atom. The molecule has 0 saturated carbocycles. The van der Waals surface area contributed by atoms with Gasteiger partial charge in [-0.2, -0.15) is 0 Å². The summed E-state index contributed by atoms with van der Waals surface area (Å²) in [6, 6.07) is 15.1. The van der Waals surface area contributed by atoms with Gasteiger partial charge in [-0.1, -0.05) is 36.4 Å². The van der Waals surface area contributed by atoms with E-state index in [0.29, 0.717) is 24.1 Å². The molecule has 0 aliphatic carbocycles. The van der Waals surface area contributed by atoms with Crippen molar-refractivity contribution >= 4 is 22.7 Å². The number of aromatic nitrogens is 1. The number of allylic oxidation sites excluding steroid dienone is 1. The molecule has 1 aliphatic heterocycles. The van der Waals surface area contributed by atoms with Crippen molar-refractivity contribution in [3.05, 3.63) is 83.6 Å². The molecule has 4 heteroatoms. The van der Waals surface area contributed by atoms with Crippen molar-refractivity contribution in [1.82, 2.24) is 9.88 Å². The molecule has 1 aromatic heterocycles. The van der Waals surface area contributed by atoms with Gasteiger partial charge in [0, 0.05) is 29.6 Å². The van der Waals surface area contributed by atoms with Crippen molar-refractivity contribution < 1.29 is 9.59 Å². The van der Waals surface area contributed by atoms with Crippen LogP contribution in [0.5, 0.6) is 0 Å². The third kappa shape index (κ3) is 2.47. The molecule has 2 aromatic carbocycles. The maximum atomic E-state index is 12.5. The summed E-state index contributed by atoms with van der Waals surface area (Å²) in [4.78, 5) is 29.7. The van der Waals surface area contributed by atoms with Crippen LogP contribution < -0.4 is 0 Å². The van der Waals surface area contributed by atoms with Crippen molar-refractivity contribution in [1.29, 1.82) is 0 Å². The largest absolute Gasteiger partial charge is 0.358 e. The lowest BCUT2D eigenvalue weighted by atomic mass is 10.1. The molecule has 4 rings (SSSR count). The van der Waals surface area contributed by atoms with Gasteiger partial charge in [0.15, 0.2) is 0 Å². The van der Waals surface area contributed by atoms with E-state index >= 15 is 0 Å². The van der Waals surface area contributed by atoms with Gasteiger partial charge in [0.2, 0.25) is 0 Å². The monoisotopic (exact) mass is 330 g/mol. The van der Waals surface area contributed by atoms with E-state index in [1.54, 1.807) is 24.3 Å². The summed E-state index contributed by atoms with van der Waals surface area (Å²) in [5, 5.41) is 1.17. The smallest absolute Gasteiger partial charge is 0.261 e. The number of fused-ring (bicyclic) bond motifs is 2. The zero-order valence-corrected chi connectivity index (χ0v) is 13.8. The molecule has 0 radical (unpaired) electrons. The number of carbonyl (C=O) groups excluding carboxylic acids is 2. The number of para-hydroxylation sites is 1. The molecule has 0 unspecified atom stereocenters. The molecule has 0 atom stereocenters. The van der Waals surface area contributed by atoms with Crippen molar-refractivity contribution in [2.45, 2.75) is 12.8 Å². The lowest BCUT2D eigenvalue weighted by Crippen LogP contribution is -2.32. The van der Waals surface area contributed by atoms with E-state index in [1.807, 2.05) is 24.3 Å². The van der Waals surface area contributed by atoms with Gasteiger partial charge in [-0.05, 0) is 30.2 Å². The normalized spacial score (nSPS) is 13.5. The number of hydrogen-bond donors (Lipinski definition) is 1. The van der Waals surface area contributed by atoms with Crippen LogP contribution in [0.15, 0.2) is 61.2 Å². The summed E-state index contributed by atoms with van der Waals surface area (Å²) in [5.41, 5.74) is 4.29. The minimum Gasteiger partial charge on any atom is -0.358 e. The first-order valence-corrected chi connectivity index (χ1v) is 8.35. The Hall–Kier alpha value is -3.14. The second-order valence-corrected chi connectivity index (χ2v) is 6.18. The number of rotatable bonds is 5. The summed E-state index contributed by atoms with van der Waals surface area (Å²) in [5.74, 6) is -0.413. The van der Waals surface area contributed by atoms with Crippen molar-refractivity contribution in [2.24, 2.45) is 0 Å².